The lowest BCUT2D eigenvalue weighted by Crippen LogP contribution is -2.25. The van der Waals surface area contributed by atoms with Crippen molar-refractivity contribution in [2.75, 3.05) is 7.11 Å². The summed E-state index contributed by atoms with van der Waals surface area (Å²) in [4.78, 5) is 12.0. The molecule has 5 nitrogen and oxygen atoms in total. The summed E-state index contributed by atoms with van der Waals surface area (Å²) in [6.45, 7) is 0.901. The molecule has 1 amide bonds. The number of nitriles is 1. The van der Waals surface area contributed by atoms with Crippen molar-refractivity contribution >= 4 is 5.91 Å². The maximum absolute atomic E-state index is 12.0. The molecular weight excluding hydrogens is 302 g/mol. The summed E-state index contributed by atoms with van der Waals surface area (Å²) in [5.74, 6) is 0.349. The van der Waals surface area contributed by atoms with Crippen molar-refractivity contribution in [1.29, 1.82) is 5.26 Å². The van der Waals surface area contributed by atoms with Gasteiger partial charge in [0.15, 0.2) is 0 Å². The second-order valence-electron chi connectivity index (χ2n) is 5.07. The highest BCUT2D eigenvalue weighted by molar-refractivity contribution is 5.97. The van der Waals surface area contributed by atoms with Gasteiger partial charge in [0.05, 0.1) is 7.11 Å². The van der Waals surface area contributed by atoms with Crippen LogP contribution in [-0.4, -0.2) is 13.0 Å². The third-order valence-electron chi connectivity index (χ3n) is 3.37. The zero-order chi connectivity index (χ0) is 17.2. The van der Waals surface area contributed by atoms with Gasteiger partial charge in [-0.05, 0) is 23.3 Å². The van der Waals surface area contributed by atoms with Crippen LogP contribution < -0.4 is 15.4 Å². The third-order valence-corrected chi connectivity index (χ3v) is 3.37. The van der Waals surface area contributed by atoms with Gasteiger partial charge >= 0.3 is 0 Å². The molecule has 122 valence electrons. The molecule has 0 aliphatic rings. The summed E-state index contributed by atoms with van der Waals surface area (Å²) < 4.78 is 5.08. The molecule has 24 heavy (non-hydrogen) atoms. The SMILES string of the molecule is COc1ccc(CNC(=O)/C(C#N)=C\NCc2ccccc2)cc1. The number of rotatable bonds is 7. The van der Waals surface area contributed by atoms with Crippen molar-refractivity contribution in [3.05, 3.63) is 77.5 Å². The van der Waals surface area contributed by atoms with Crippen molar-refractivity contribution < 1.29 is 9.53 Å². The Labute approximate surface area is 141 Å². The molecule has 2 aromatic carbocycles. The van der Waals surface area contributed by atoms with E-state index in [9.17, 15) is 4.79 Å². The number of hydrogen-bond acceptors (Lipinski definition) is 4. The molecule has 2 aromatic rings. The lowest BCUT2D eigenvalue weighted by atomic mass is 10.2. The van der Waals surface area contributed by atoms with Crippen molar-refractivity contribution in [1.82, 2.24) is 10.6 Å². The van der Waals surface area contributed by atoms with Crippen molar-refractivity contribution in [3.8, 4) is 11.8 Å². The summed E-state index contributed by atoms with van der Waals surface area (Å²) in [5, 5.41) is 14.8. The van der Waals surface area contributed by atoms with Gasteiger partial charge in [0.25, 0.3) is 5.91 Å². The Kier molecular flexibility index (Phi) is 6.42. The van der Waals surface area contributed by atoms with E-state index < -0.39 is 5.91 Å². The highest BCUT2D eigenvalue weighted by Crippen LogP contribution is 2.11. The van der Waals surface area contributed by atoms with Gasteiger partial charge in [0.2, 0.25) is 0 Å². The Hall–Kier alpha value is -3.26. The van der Waals surface area contributed by atoms with Crippen LogP contribution in [0.1, 0.15) is 11.1 Å². The van der Waals surface area contributed by atoms with Crippen LogP contribution in [0.4, 0.5) is 0 Å². The van der Waals surface area contributed by atoms with E-state index >= 15 is 0 Å². The summed E-state index contributed by atoms with van der Waals surface area (Å²) in [6.07, 6.45) is 1.44. The number of amides is 1. The largest absolute Gasteiger partial charge is 0.497 e. The number of benzene rings is 2. The Morgan fingerprint density at radius 1 is 1.08 bits per heavy atom. The van der Waals surface area contributed by atoms with Crippen LogP contribution in [-0.2, 0) is 17.9 Å². The number of methoxy groups -OCH3 is 1. The molecule has 0 aliphatic carbocycles. The number of carbonyl (C=O) groups excluding carboxylic acids is 1. The molecule has 0 fully saturated rings. The predicted octanol–water partition coefficient (Wildman–Crippen LogP) is 2.51. The molecule has 0 radical (unpaired) electrons. The van der Waals surface area contributed by atoms with Gasteiger partial charge in [0.1, 0.15) is 17.4 Å². The van der Waals surface area contributed by atoms with Crippen LogP contribution in [0.2, 0.25) is 0 Å². The summed E-state index contributed by atoms with van der Waals surface area (Å²) in [5.41, 5.74) is 2.04. The second kappa shape index (κ2) is 9.01. The standard InChI is InChI=1S/C19H19N3O2/c1-24-18-9-7-16(8-10-18)13-22-19(23)17(11-20)14-21-12-15-5-3-2-4-6-15/h2-10,14,21H,12-13H2,1H3,(H,22,23)/b17-14-. The molecule has 0 saturated carbocycles. The van der Waals surface area contributed by atoms with Gasteiger partial charge in [-0.2, -0.15) is 5.26 Å². The number of nitrogens with one attached hydrogen (secondary N) is 2. The molecule has 0 saturated heterocycles. The molecule has 0 aromatic heterocycles. The number of ether oxygens (including phenoxy) is 1. The fraction of sp³-hybridized carbons (Fsp3) is 0.158. The highest BCUT2D eigenvalue weighted by Gasteiger charge is 2.08. The van der Waals surface area contributed by atoms with Crippen LogP contribution in [0.5, 0.6) is 5.75 Å². The van der Waals surface area contributed by atoms with Crippen LogP contribution in [0.25, 0.3) is 0 Å². The Morgan fingerprint density at radius 2 is 1.75 bits per heavy atom. The lowest BCUT2D eigenvalue weighted by molar-refractivity contribution is -0.117. The van der Waals surface area contributed by atoms with Crippen molar-refractivity contribution in [2.45, 2.75) is 13.1 Å². The van der Waals surface area contributed by atoms with Crippen LogP contribution in [0, 0.1) is 11.3 Å². The van der Waals surface area contributed by atoms with Crippen LogP contribution in [0.3, 0.4) is 0 Å². The van der Waals surface area contributed by atoms with E-state index in [1.54, 1.807) is 7.11 Å². The zero-order valence-electron chi connectivity index (χ0n) is 13.5. The summed E-state index contributed by atoms with van der Waals surface area (Å²) in [7, 11) is 1.60. The first kappa shape index (κ1) is 17.1. The molecule has 2 N–H and O–H groups in total. The van der Waals surface area contributed by atoms with Crippen LogP contribution in [0.15, 0.2) is 66.4 Å². The van der Waals surface area contributed by atoms with Gasteiger partial charge in [-0.25, -0.2) is 0 Å². The minimum absolute atomic E-state index is 0.0412. The maximum Gasteiger partial charge on any atom is 0.263 e. The number of nitrogens with zero attached hydrogens (tertiary/aromatic N) is 1. The molecule has 5 heteroatoms. The van der Waals surface area contributed by atoms with Crippen molar-refractivity contribution in [3.63, 3.8) is 0 Å². The molecule has 0 bridgehead atoms. The van der Waals surface area contributed by atoms with Gasteiger partial charge < -0.3 is 15.4 Å². The van der Waals surface area contributed by atoms with Gasteiger partial charge in [-0.1, -0.05) is 42.5 Å². The van der Waals surface area contributed by atoms with E-state index in [1.165, 1.54) is 6.20 Å². The van der Waals surface area contributed by atoms with Gasteiger partial charge in [0, 0.05) is 19.3 Å². The van der Waals surface area contributed by atoms with E-state index in [0.29, 0.717) is 13.1 Å². The normalized spacial score (nSPS) is 10.6. The van der Waals surface area contributed by atoms with Crippen molar-refractivity contribution in [2.24, 2.45) is 0 Å². The third kappa shape index (κ3) is 5.18. The first-order chi connectivity index (χ1) is 11.7. The molecule has 0 aliphatic heterocycles. The second-order valence-corrected chi connectivity index (χ2v) is 5.07. The minimum Gasteiger partial charge on any atom is -0.497 e. The first-order valence-corrected chi connectivity index (χ1v) is 7.51. The van der Waals surface area contributed by atoms with E-state index in [2.05, 4.69) is 10.6 Å². The Balaban J connectivity index is 1.86. The summed E-state index contributed by atoms with van der Waals surface area (Å²) >= 11 is 0. The van der Waals surface area contributed by atoms with Gasteiger partial charge in [-0.3, -0.25) is 4.79 Å². The topological polar surface area (TPSA) is 74.1 Å². The maximum atomic E-state index is 12.0. The summed E-state index contributed by atoms with van der Waals surface area (Å²) in [6, 6.07) is 19.0. The van der Waals surface area contributed by atoms with E-state index in [1.807, 2.05) is 60.7 Å². The van der Waals surface area contributed by atoms with E-state index in [4.69, 9.17) is 10.00 Å². The minimum atomic E-state index is -0.408. The molecule has 2 rings (SSSR count). The Morgan fingerprint density at radius 3 is 2.38 bits per heavy atom. The molecule has 0 heterocycles. The van der Waals surface area contributed by atoms with Crippen LogP contribution >= 0.6 is 0 Å². The van der Waals surface area contributed by atoms with E-state index in [0.717, 1.165) is 16.9 Å². The quantitative estimate of drug-likeness (QED) is 0.607. The highest BCUT2D eigenvalue weighted by atomic mass is 16.5. The fourth-order valence-corrected chi connectivity index (χ4v) is 2.04. The smallest absolute Gasteiger partial charge is 0.263 e. The lowest BCUT2D eigenvalue weighted by Gasteiger charge is -2.06. The first-order valence-electron chi connectivity index (χ1n) is 7.51. The molecule has 0 atom stereocenters. The average molecular weight is 321 g/mol. The average Bonchev–Trinajstić information content (AvgIpc) is 2.64. The fourth-order valence-electron chi connectivity index (χ4n) is 2.04. The predicted molar refractivity (Wildman–Crippen MR) is 91.8 cm³/mol. The molecule has 0 unspecified atom stereocenters. The number of carbonyl (C=O) groups is 1. The number of hydrogen-bond donors (Lipinski definition) is 2. The zero-order valence-corrected chi connectivity index (χ0v) is 13.5. The molecular formula is C19H19N3O2. The van der Waals surface area contributed by atoms with E-state index in [-0.39, 0.29) is 5.57 Å². The molecule has 0 spiro atoms. The van der Waals surface area contributed by atoms with Gasteiger partial charge in [-0.15, -0.1) is 0 Å². The monoisotopic (exact) mass is 321 g/mol. The Bertz CT molecular complexity index is 731.